The predicted octanol–water partition coefficient (Wildman–Crippen LogP) is 6.10. The van der Waals surface area contributed by atoms with Crippen LogP contribution in [-0.4, -0.2) is 9.97 Å². The lowest BCUT2D eigenvalue weighted by Gasteiger charge is -2.21. The Balaban J connectivity index is 2.15. The molecule has 2 nitrogen and oxygen atoms in total. The van der Waals surface area contributed by atoms with E-state index in [2.05, 4.69) is 87.9 Å². The zero-order chi connectivity index (χ0) is 18.2. The molecular weight excluding hydrogens is 304 g/mol. The lowest BCUT2D eigenvalue weighted by molar-refractivity contribution is 0.590. The van der Waals surface area contributed by atoms with E-state index in [1.807, 2.05) is 0 Å². The van der Waals surface area contributed by atoms with Gasteiger partial charge in [0, 0.05) is 10.9 Å². The highest BCUT2D eigenvalue weighted by Crippen LogP contribution is 2.31. The molecule has 0 radical (unpaired) electrons. The predicted molar refractivity (Wildman–Crippen MR) is 107 cm³/mol. The van der Waals surface area contributed by atoms with Crippen LogP contribution < -0.4 is 0 Å². The van der Waals surface area contributed by atoms with Gasteiger partial charge in [0.1, 0.15) is 6.33 Å². The van der Waals surface area contributed by atoms with Crippen molar-refractivity contribution in [2.45, 2.75) is 53.4 Å². The molecule has 0 fully saturated rings. The molecule has 130 valence electrons. The van der Waals surface area contributed by atoms with Crippen LogP contribution in [0.3, 0.4) is 0 Å². The summed E-state index contributed by atoms with van der Waals surface area (Å²) in [7, 11) is 0. The maximum atomic E-state index is 4.62. The van der Waals surface area contributed by atoms with Crippen molar-refractivity contribution in [1.82, 2.24) is 9.97 Å². The van der Waals surface area contributed by atoms with Gasteiger partial charge in [0.2, 0.25) is 0 Å². The third kappa shape index (κ3) is 3.89. The summed E-state index contributed by atoms with van der Waals surface area (Å²) in [5.41, 5.74) is 7.29. The number of rotatable bonds is 3. The largest absolute Gasteiger partial charge is 0.236 e. The second kappa shape index (κ2) is 6.59. The Hall–Kier alpha value is -2.22. The molecule has 2 heteroatoms. The molecule has 3 aromatic rings. The first kappa shape index (κ1) is 17.6. The minimum Gasteiger partial charge on any atom is -0.236 e. The molecule has 0 aliphatic carbocycles. The van der Waals surface area contributed by atoms with Gasteiger partial charge < -0.3 is 0 Å². The van der Waals surface area contributed by atoms with Gasteiger partial charge in [0.15, 0.2) is 0 Å². The van der Waals surface area contributed by atoms with E-state index in [-0.39, 0.29) is 5.41 Å². The van der Waals surface area contributed by atoms with Crippen molar-refractivity contribution in [2.75, 3.05) is 0 Å². The van der Waals surface area contributed by atoms with Crippen LogP contribution in [0.5, 0.6) is 0 Å². The second-order valence-corrected chi connectivity index (χ2v) is 8.51. The zero-order valence-corrected chi connectivity index (χ0v) is 16.2. The van der Waals surface area contributed by atoms with E-state index in [1.54, 1.807) is 6.33 Å². The minimum atomic E-state index is 0.119. The first-order valence-corrected chi connectivity index (χ1v) is 9.10. The zero-order valence-electron chi connectivity index (χ0n) is 16.2. The number of benzene rings is 2. The van der Waals surface area contributed by atoms with Crippen LogP contribution in [0.1, 0.15) is 51.3 Å². The van der Waals surface area contributed by atoms with Crippen molar-refractivity contribution in [3.05, 3.63) is 59.4 Å². The Morgan fingerprint density at radius 1 is 0.960 bits per heavy atom. The Morgan fingerprint density at radius 2 is 1.72 bits per heavy atom. The topological polar surface area (TPSA) is 25.8 Å². The Morgan fingerprint density at radius 3 is 2.40 bits per heavy atom. The summed E-state index contributed by atoms with van der Waals surface area (Å²) in [5.74, 6) is 0.643. The molecule has 0 aliphatic rings. The summed E-state index contributed by atoms with van der Waals surface area (Å²) < 4.78 is 0. The van der Waals surface area contributed by atoms with E-state index in [9.17, 15) is 0 Å². The van der Waals surface area contributed by atoms with Crippen molar-refractivity contribution >= 4 is 10.9 Å². The molecule has 0 saturated heterocycles. The molecule has 25 heavy (non-hydrogen) atoms. The molecule has 0 amide bonds. The van der Waals surface area contributed by atoms with Crippen LogP contribution in [0.25, 0.3) is 22.2 Å². The summed E-state index contributed by atoms with van der Waals surface area (Å²) >= 11 is 0. The summed E-state index contributed by atoms with van der Waals surface area (Å²) in [5, 5.41) is 1.13. The molecule has 0 unspecified atom stereocenters. The van der Waals surface area contributed by atoms with Crippen LogP contribution in [0.15, 0.2) is 42.7 Å². The van der Waals surface area contributed by atoms with Crippen molar-refractivity contribution in [1.29, 1.82) is 0 Å². The van der Waals surface area contributed by atoms with Crippen molar-refractivity contribution < 1.29 is 0 Å². The SMILES string of the molecule is Cc1cc(-c2ncnc3cc(CC(C)C)ccc23)cc(C(C)(C)C)c1. The molecular formula is C23H28N2. The Bertz CT molecular complexity index is 902. The van der Waals surface area contributed by atoms with Gasteiger partial charge in [-0.25, -0.2) is 9.97 Å². The first-order chi connectivity index (χ1) is 11.7. The number of fused-ring (bicyclic) bond motifs is 1. The lowest BCUT2D eigenvalue weighted by atomic mass is 9.84. The molecule has 1 heterocycles. The number of nitrogens with zero attached hydrogens (tertiary/aromatic N) is 2. The van der Waals surface area contributed by atoms with E-state index in [4.69, 9.17) is 0 Å². The van der Waals surface area contributed by atoms with Gasteiger partial charge in [-0.2, -0.15) is 0 Å². The molecule has 2 aromatic carbocycles. The number of hydrogen-bond acceptors (Lipinski definition) is 2. The van der Waals surface area contributed by atoms with Crippen LogP contribution >= 0.6 is 0 Å². The fraction of sp³-hybridized carbons (Fsp3) is 0.391. The Labute approximate surface area is 151 Å². The fourth-order valence-electron chi connectivity index (χ4n) is 3.28. The summed E-state index contributed by atoms with van der Waals surface area (Å²) in [6, 6.07) is 13.4. The third-order valence-electron chi connectivity index (χ3n) is 4.56. The summed E-state index contributed by atoms with van der Waals surface area (Å²) in [6.07, 6.45) is 2.77. The second-order valence-electron chi connectivity index (χ2n) is 8.51. The fourth-order valence-corrected chi connectivity index (χ4v) is 3.28. The molecule has 0 N–H and O–H groups in total. The standard InChI is InChI=1S/C23H28N2/c1-15(2)9-17-7-8-20-21(12-17)24-14-25-22(20)18-10-16(3)11-19(13-18)23(4,5)6/h7-8,10-15H,9H2,1-6H3. The van der Waals surface area contributed by atoms with Gasteiger partial charge in [-0.3, -0.25) is 0 Å². The van der Waals surface area contributed by atoms with Gasteiger partial charge in [-0.05, 0) is 54.0 Å². The summed E-state index contributed by atoms with van der Waals surface area (Å²) in [4.78, 5) is 9.14. The highest BCUT2D eigenvalue weighted by molar-refractivity contribution is 5.92. The maximum absolute atomic E-state index is 4.62. The molecule has 0 aliphatic heterocycles. The van der Waals surface area contributed by atoms with E-state index in [1.165, 1.54) is 22.3 Å². The lowest BCUT2D eigenvalue weighted by Crippen LogP contribution is -2.11. The first-order valence-electron chi connectivity index (χ1n) is 9.10. The van der Waals surface area contributed by atoms with Crippen molar-refractivity contribution in [2.24, 2.45) is 5.92 Å². The normalized spacial score (nSPS) is 12.1. The van der Waals surface area contributed by atoms with E-state index < -0.39 is 0 Å². The molecule has 3 rings (SSSR count). The number of aryl methyl sites for hydroxylation is 1. The van der Waals surface area contributed by atoms with Crippen molar-refractivity contribution in [3.8, 4) is 11.3 Å². The molecule has 0 atom stereocenters. The van der Waals surface area contributed by atoms with Gasteiger partial charge in [0.25, 0.3) is 0 Å². The van der Waals surface area contributed by atoms with Crippen molar-refractivity contribution in [3.63, 3.8) is 0 Å². The average Bonchev–Trinajstić information content (AvgIpc) is 2.52. The number of aromatic nitrogens is 2. The average molecular weight is 332 g/mol. The molecule has 0 saturated carbocycles. The van der Waals surface area contributed by atoms with E-state index in [0.717, 1.165) is 23.0 Å². The molecule has 0 spiro atoms. The van der Waals surface area contributed by atoms with Gasteiger partial charge in [-0.15, -0.1) is 0 Å². The highest BCUT2D eigenvalue weighted by atomic mass is 14.8. The minimum absolute atomic E-state index is 0.119. The third-order valence-corrected chi connectivity index (χ3v) is 4.56. The van der Waals surface area contributed by atoms with E-state index in [0.29, 0.717) is 5.92 Å². The van der Waals surface area contributed by atoms with E-state index >= 15 is 0 Å². The van der Waals surface area contributed by atoms with Gasteiger partial charge >= 0.3 is 0 Å². The van der Waals surface area contributed by atoms with Gasteiger partial charge in [-0.1, -0.05) is 58.4 Å². The Kier molecular flexibility index (Phi) is 4.64. The maximum Gasteiger partial charge on any atom is 0.116 e. The smallest absolute Gasteiger partial charge is 0.116 e. The summed E-state index contributed by atoms with van der Waals surface area (Å²) in [6.45, 7) is 13.4. The monoisotopic (exact) mass is 332 g/mol. The quantitative estimate of drug-likeness (QED) is 0.579. The molecule has 0 bridgehead atoms. The van der Waals surface area contributed by atoms with Crippen LogP contribution in [0, 0.1) is 12.8 Å². The number of hydrogen-bond donors (Lipinski definition) is 0. The van der Waals surface area contributed by atoms with Crippen LogP contribution in [0.4, 0.5) is 0 Å². The van der Waals surface area contributed by atoms with Gasteiger partial charge in [0.05, 0.1) is 11.2 Å². The van der Waals surface area contributed by atoms with Crippen LogP contribution in [0.2, 0.25) is 0 Å². The molecule has 1 aromatic heterocycles. The highest BCUT2D eigenvalue weighted by Gasteiger charge is 2.16. The van der Waals surface area contributed by atoms with Crippen LogP contribution in [-0.2, 0) is 11.8 Å².